The molecule has 3 N–H and O–H groups in total. The van der Waals surface area contributed by atoms with Gasteiger partial charge in [0.2, 0.25) is 5.91 Å². The van der Waals surface area contributed by atoms with Gasteiger partial charge in [0.1, 0.15) is 11.8 Å². The van der Waals surface area contributed by atoms with E-state index in [-0.39, 0.29) is 11.9 Å². The van der Waals surface area contributed by atoms with Crippen LogP contribution in [0.15, 0.2) is 15.9 Å². The standard InChI is InChI=1S/C15H25N3O2S/c1-10(2)18-15(13(16)19)7-4-5-12(15)6-8-21-14-17-11(3)9-20-14/h9-10,12,18H,4-8H2,1-3H3,(H2,16,19). The third kappa shape index (κ3) is 3.80. The second-order valence-electron chi connectivity index (χ2n) is 6.12. The Kier molecular flexibility index (Phi) is 5.32. The maximum atomic E-state index is 12.0. The van der Waals surface area contributed by atoms with Crippen molar-refractivity contribution in [3.05, 3.63) is 12.0 Å². The van der Waals surface area contributed by atoms with Crippen LogP contribution in [-0.2, 0) is 4.79 Å². The van der Waals surface area contributed by atoms with Crippen LogP contribution in [0.25, 0.3) is 0 Å². The molecule has 0 aliphatic heterocycles. The molecule has 1 aromatic heterocycles. The van der Waals surface area contributed by atoms with Gasteiger partial charge < -0.3 is 15.5 Å². The fourth-order valence-electron chi connectivity index (χ4n) is 3.26. The van der Waals surface area contributed by atoms with Crippen LogP contribution in [0.2, 0.25) is 0 Å². The minimum atomic E-state index is -0.540. The zero-order chi connectivity index (χ0) is 15.5. The first-order valence-electron chi connectivity index (χ1n) is 7.56. The van der Waals surface area contributed by atoms with Gasteiger partial charge in [-0.15, -0.1) is 0 Å². The highest BCUT2D eigenvalue weighted by Crippen LogP contribution is 2.39. The fraction of sp³-hybridized carbons (Fsp3) is 0.733. The summed E-state index contributed by atoms with van der Waals surface area (Å²) in [5, 5.41) is 4.14. The molecule has 2 rings (SSSR count). The van der Waals surface area contributed by atoms with Gasteiger partial charge in [-0.05, 0) is 46.0 Å². The smallest absolute Gasteiger partial charge is 0.255 e. The van der Waals surface area contributed by atoms with E-state index in [1.54, 1.807) is 18.0 Å². The maximum absolute atomic E-state index is 12.0. The van der Waals surface area contributed by atoms with E-state index in [1.807, 2.05) is 6.92 Å². The van der Waals surface area contributed by atoms with Crippen molar-refractivity contribution in [1.82, 2.24) is 10.3 Å². The Labute approximate surface area is 130 Å². The van der Waals surface area contributed by atoms with Gasteiger partial charge in [0.05, 0.1) is 5.69 Å². The number of carbonyl (C=O) groups excluding carboxylic acids is 1. The second kappa shape index (κ2) is 6.83. The molecule has 1 aliphatic rings. The molecule has 1 saturated carbocycles. The number of hydrogen-bond donors (Lipinski definition) is 2. The Bertz CT molecular complexity index is 489. The van der Waals surface area contributed by atoms with Crippen molar-refractivity contribution in [3.8, 4) is 0 Å². The third-order valence-corrected chi connectivity index (χ3v) is 4.97. The lowest BCUT2D eigenvalue weighted by Crippen LogP contribution is -2.60. The van der Waals surface area contributed by atoms with Crippen molar-refractivity contribution < 1.29 is 9.21 Å². The monoisotopic (exact) mass is 311 g/mol. The molecular weight excluding hydrogens is 286 g/mol. The van der Waals surface area contributed by atoms with E-state index in [9.17, 15) is 4.79 Å². The molecule has 0 radical (unpaired) electrons. The van der Waals surface area contributed by atoms with Crippen molar-refractivity contribution in [3.63, 3.8) is 0 Å². The number of nitrogens with two attached hydrogens (primary N) is 1. The van der Waals surface area contributed by atoms with Gasteiger partial charge in [-0.3, -0.25) is 4.79 Å². The molecule has 1 aliphatic carbocycles. The Morgan fingerprint density at radius 2 is 2.43 bits per heavy atom. The summed E-state index contributed by atoms with van der Waals surface area (Å²) in [5.74, 6) is 0.969. The van der Waals surface area contributed by atoms with Crippen molar-refractivity contribution in [2.75, 3.05) is 5.75 Å². The third-order valence-electron chi connectivity index (χ3n) is 4.10. The molecule has 21 heavy (non-hydrogen) atoms. The number of nitrogens with zero attached hydrogens (tertiary/aromatic N) is 1. The summed E-state index contributed by atoms with van der Waals surface area (Å²) in [4.78, 5) is 16.3. The molecule has 2 atom stereocenters. The highest BCUT2D eigenvalue weighted by atomic mass is 32.2. The molecule has 0 spiro atoms. The SMILES string of the molecule is Cc1coc(SCCC2CCCC2(NC(C)C)C(N)=O)n1. The first-order valence-corrected chi connectivity index (χ1v) is 8.55. The molecule has 118 valence electrons. The fourth-order valence-corrected chi connectivity index (χ4v) is 4.16. The first kappa shape index (κ1) is 16.4. The zero-order valence-corrected chi connectivity index (χ0v) is 13.8. The minimum absolute atomic E-state index is 0.212. The number of aromatic nitrogens is 1. The molecule has 0 bridgehead atoms. The zero-order valence-electron chi connectivity index (χ0n) is 13.0. The lowest BCUT2D eigenvalue weighted by atomic mass is 9.83. The molecule has 1 amide bonds. The van der Waals surface area contributed by atoms with E-state index < -0.39 is 5.54 Å². The van der Waals surface area contributed by atoms with Gasteiger partial charge in [0, 0.05) is 11.8 Å². The van der Waals surface area contributed by atoms with Crippen LogP contribution >= 0.6 is 11.8 Å². The molecular formula is C15H25N3O2S. The van der Waals surface area contributed by atoms with Crippen LogP contribution < -0.4 is 11.1 Å². The normalized spacial score (nSPS) is 25.6. The summed E-state index contributed by atoms with van der Waals surface area (Å²) < 4.78 is 5.34. The number of hydrogen-bond acceptors (Lipinski definition) is 5. The topological polar surface area (TPSA) is 81.1 Å². The Morgan fingerprint density at radius 3 is 3.00 bits per heavy atom. The van der Waals surface area contributed by atoms with E-state index in [4.69, 9.17) is 10.2 Å². The van der Waals surface area contributed by atoms with E-state index in [1.165, 1.54) is 0 Å². The lowest BCUT2D eigenvalue weighted by Gasteiger charge is -2.35. The molecule has 1 aromatic rings. The van der Waals surface area contributed by atoms with E-state index in [0.717, 1.165) is 37.1 Å². The van der Waals surface area contributed by atoms with Gasteiger partial charge in [-0.25, -0.2) is 4.98 Å². The Hall–Kier alpha value is -1.01. The van der Waals surface area contributed by atoms with Crippen LogP contribution in [0.1, 0.15) is 45.2 Å². The van der Waals surface area contributed by atoms with E-state index in [2.05, 4.69) is 24.1 Å². The molecule has 5 nitrogen and oxygen atoms in total. The average molecular weight is 311 g/mol. The van der Waals surface area contributed by atoms with Crippen LogP contribution in [0.5, 0.6) is 0 Å². The number of nitrogens with one attached hydrogen (secondary N) is 1. The van der Waals surface area contributed by atoms with E-state index in [0.29, 0.717) is 11.1 Å². The van der Waals surface area contributed by atoms with Crippen molar-refractivity contribution >= 4 is 17.7 Å². The minimum Gasteiger partial charge on any atom is -0.440 e. The number of thioether (sulfide) groups is 1. The van der Waals surface area contributed by atoms with Gasteiger partial charge in [0.15, 0.2) is 0 Å². The van der Waals surface area contributed by atoms with Crippen molar-refractivity contribution in [1.29, 1.82) is 0 Å². The quantitative estimate of drug-likeness (QED) is 0.756. The average Bonchev–Trinajstić information content (AvgIpc) is 2.97. The molecule has 1 fully saturated rings. The Morgan fingerprint density at radius 1 is 1.67 bits per heavy atom. The number of carbonyl (C=O) groups is 1. The second-order valence-corrected chi connectivity index (χ2v) is 7.16. The predicted octanol–water partition coefficient (Wildman–Crippen LogP) is 2.49. The van der Waals surface area contributed by atoms with Crippen molar-refractivity contribution in [2.45, 2.75) is 63.3 Å². The van der Waals surface area contributed by atoms with Crippen LogP contribution in [0.4, 0.5) is 0 Å². The summed E-state index contributed by atoms with van der Waals surface area (Å²) in [7, 11) is 0. The number of primary amides is 1. The number of rotatable bonds is 7. The first-order chi connectivity index (χ1) is 9.94. The number of oxazole rings is 1. The largest absolute Gasteiger partial charge is 0.440 e. The van der Waals surface area contributed by atoms with Gasteiger partial charge >= 0.3 is 0 Å². The van der Waals surface area contributed by atoms with Crippen LogP contribution in [-0.4, -0.2) is 28.2 Å². The predicted molar refractivity (Wildman–Crippen MR) is 84.1 cm³/mol. The Balaban J connectivity index is 1.95. The van der Waals surface area contributed by atoms with Gasteiger partial charge in [-0.2, -0.15) is 0 Å². The lowest BCUT2D eigenvalue weighted by molar-refractivity contribution is -0.126. The van der Waals surface area contributed by atoms with Crippen LogP contribution in [0.3, 0.4) is 0 Å². The van der Waals surface area contributed by atoms with Crippen LogP contribution in [0, 0.1) is 12.8 Å². The summed E-state index contributed by atoms with van der Waals surface area (Å²) in [6.45, 7) is 6.03. The highest BCUT2D eigenvalue weighted by Gasteiger charge is 2.47. The molecule has 0 saturated heterocycles. The molecule has 6 heteroatoms. The maximum Gasteiger partial charge on any atom is 0.255 e. The summed E-state index contributed by atoms with van der Waals surface area (Å²) >= 11 is 1.60. The molecule has 1 heterocycles. The highest BCUT2D eigenvalue weighted by molar-refractivity contribution is 7.99. The molecule has 0 aromatic carbocycles. The van der Waals surface area contributed by atoms with Gasteiger partial charge in [0.25, 0.3) is 5.22 Å². The summed E-state index contributed by atoms with van der Waals surface area (Å²) in [5.41, 5.74) is 6.07. The number of amides is 1. The van der Waals surface area contributed by atoms with E-state index >= 15 is 0 Å². The van der Waals surface area contributed by atoms with Gasteiger partial charge in [-0.1, -0.05) is 18.2 Å². The molecule has 2 unspecified atom stereocenters. The number of aryl methyl sites for hydroxylation is 1. The summed E-state index contributed by atoms with van der Waals surface area (Å²) in [6.07, 6.45) is 5.54. The summed E-state index contributed by atoms with van der Waals surface area (Å²) in [6, 6.07) is 0.250. The van der Waals surface area contributed by atoms with Crippen molar-refractivity contribution in [2.24, 2.45) is 11.7 Å².